The molecule has 8 nitrogen and oxygen atoms in total. The van der Waals surface area contributed by atoms with E-state index in [-0.39, 0.29) is 17.9 Å². The number of benzene rings is 2. The summed E-state index contributed by atoms with van der Waals surface area (Å²) in [5, 5.41) is 2.54. The van der Waals surface area contributed by atoms with E-state index < -0.39 is 23.8 Å². The number of aryl methyl sites for hydroxylation is 1. The first-order valence-corrected chi connectivity index (χ1v) is 10.0. The monoisotopic (exact) mass is 506 g/mol. The number of esters is 1. The molecule has 1 saturated heterocycles. The molecule has 10 heteroatoms. The molecule has 3 rings (SSSR count). The van der Waals surface area contributed by atoms with Crippen LogP contribution in [0.4, 0.5) is 10.5 Å². The third-order valence-electron chi connectivity index (χ3n) is 4.36. The maximum absolute atomic E-state index is 13.0. The number of ether oxygens (including phenoxy) is 2. The van der Waals surface area contributed by atoms with Crippen molar-refractivity contribution < 1.29 is 28.7 Å². The third-order valence-corrected chi connectivity index (χ3v) is 5.38. The van der Waals surface area contributed by atoms with Crippen molar-refractivity contribution in [1.29, 1.82) is 0 Å². The van der Waals surface area contributed by atoms with Gasteiger partial charge in [-0.15, -0.1) is 0 Å². The second-order valence-electron chi connectivity index (χ2n) is 6.45. The zero-order chi connectivity index (χ0) is 22.7. The highest BCUT2D eigenvalue weighted by Gasteiger charge is 2.37. The van der Waals surface area contributed by atoms with E-state index in [4.69, 9.17) is 16.3 Å². The standard InChI is InChI=1S/C21H16BrClN2O6/c1-11-3-5-13(9-16(11)23)25-20(28)14(19(27)24-21(25)29)7-12-4-6-17(15(22)8-12)31-10-18(26)30-2/h3-9H,10H2,1-2H3,(H,24,27,29)/b14-7-. The van der Waals surface area contributed by atoms with Crippen molar-refractivity contribution in [2.75, 3.05) is 18.6 Å². The summed E-state index contributed by atoms with van der Waals surface area (Å²) in [5.41, 5.74) is 1.28. The molecule has 0 radical (unpaired) electrons. The average Bonchev–Trinajstić information content (AvgIpc) is 2.72. The van der Waals surface area contributed by atoms with Crippen LogP contribution in [0.2, 0.25) is 5.02 Å². The molecule has 4 amide bonds. The molecular formula is C21H16BrClN2O6. The first-order chi connectivity index (χ1) is 14.7. The van der Waals surface area contributed by atoms with Gasteiger partial charge < -0.3 is 9.47 Å². The van der Waals surface area contributed by atoms with Gasteiger partial charge in [0.2, 0.25) is 0 Å². The highest BCUT2D eigenvalue weighted by atomic mass is 79.9. The Balaban J connectivity index is 1.90. The Morgan fingerprint density at radius 3 is 2.58 bits per heavy atom. The minimum atomic E-state index is -0.861. The fourth-order valence-corrected chi connectivity index (χ4v) is 3.38. The second-order valence-corrected chi connectivity index (χ2v) is 7.71. The van der Waals surface area contributed by atoms with Crippen LogP contribution in [-0.2, 0) is 19.1 Å². The van der Waals surface area contributed by atoms with Crippen LogP contribution in [-0.4, -0.2) is 37.5 Å². The van der Waals surface area contributed by atoms with Crippen LogP contribution in [0, 0.1) is 6.92 Å². The number of carbonyl (C=O) groups excluding carboxylic acids is 4. The molecule has 0 saturated carbocycles. The van der Waals surface area contributed by atoms with Gasteiger partial charge in [-0.25, -0.2) is 14.5 Å². The van der Waals surface area contributed by atoms with Crippen molar-refractivity contribution in [2.45, 2.75) is 6.92 Å². The molecule has 1 fully saturated rings. The van der Waals surface area contributed by atoms with Crippen molar-refractivity contribution >= 4 is 63.1 Å². The number of barbiturate groups is 1. The predicted octanol–water partition coefficient (Wildman–Crippen LogP) is 3.63. The second kappa shape index (κ2) is 9.32. The number of urea groups is 1. The van der Waals surface area contributed by atoms with Gasteiger partial charge in [-0.3, -0.25) is 14.9 Å². The summed E-state index contributed by atoms with van der Waals surface area (Å²) in [6.45, 7) is 1.52. The summed E-state index contributed by atoms with van der Waals surface area (Å²) < 4.78 is 10.3. The smallest absolute Gasteiger partial charge is 0.343 e. The summed E-state index contributed by atoms with van der Waals surface area (Å²) in [6.07, 6.45) is 1.35. The summed E-state index contributed by atoms with van der Waals surface area (Å²) >= 11 is 9.43. The number of imide groups is 2. The van der Waals surface area contributed by atoms with Crippen LogP contribution < -0.4 is 15.0 Å². The van der Waals surface area contributed by atoms with Crippen molar-refractivity contribution in [2.24, 2.45) is 0 Å². The molecule has 31 heavy (non-hydrogen) atoms. The number of hydrogen-bond donors (Lipinski definition) is 1. The van der Waals surface area contributed by atoms with Gasteiger partial charge in [-0.1, -0.05) is 23.7 Å². The van der Waals surface area contributed by atoms with Crippen LogP contribution in [0.1, 0.15) is 11.1 Å². The number of methoxy groups -OCH3 is 1. The van der Waals surface area contributed by atoms with Gasteiger partial charge in [-0.05, 0) is 64.3 Å². The summed E-state index contributed by atoms with van der Waals surface area (Å²) in [4.78, 5) is 49.6. The Morgan fingerprint density at radius 2 is 1.94 bits per heavy atom. The van der Waals surface area contributed by atoms with Gasteiger partial charge in [0.25, 0.3) is 11.8 Å². The van der Waals surface area contributed by atoms with Gasteiger partial charge >= 0.3 is 12.0 Å². The number of rotatable bonds is 5. The summed E-state index contributed by atoms with van der Waals surface area (Å²) in [6, 6.07) is 8.61. The largest absolute Gasteiger partial charge is 0.481 e. The lowest BCUT2D eigenvalue weighted by Crippen LogP contribution is -2.54. The van der Waals surface area contributed by atoms with E-state index in [2.05, 4.69) is 26.0 Å². The number of nitrogens with zero attached hydrogens (tertiary/aromatic N) is 1. The zero-order valence-electron chi connectivity index (χ0n) is 16.4. The number of nitrogens with one attached hydrogen (secondary N) is 1. The lowest BCUT2D eigenvalue weighted by Gasteiger charge is -2.26. The van der Waals surface area contributed by atoms with Gasteiger partial charge in [0.05, 0.1) is 17.3 Å². The summed E-state index contributed by atoms with van der Waals surface area (Å²) in [7, 11) is 1.25. The van der Waals surface area contributed by atoms with Gasteiger partial charge in [0.1, 0.15) is 11.3 Å². The first-order valence-electron chi connectivity index (χ1n) is 8.88. The molecule has 1 aliphatic heterocycles. The zero-order valence-corrected chi connectivity index (χ0v) is 18.7. The highest BCUT2D eigenvalue weighted by Crippen LogP contribution is 2.29. The van der Waals surface area contributed by atoms with E-state index in [1.54, 1.807) is 37.3 Å². The van der Waals surface area contributed by atoms with Crippen molar-refractivity contribution in [3.05, 3.63) is 62.6 Å². The summed E-state index contributed by atoms with van der Waals surface area (Å²) in [5.74, 6) is -1.76. The van der Waals surface area contributed by atoms with E-state index in [1.807, 2.05) is 0 Å². The Morgan fingerprint density at radius 1 is 1.19 bits per heavy atom. The quantitative estimate of drug-likeness (QED) is 0.377. The van der Waals surface area contributed by atoms with Crippen LogP contribution in [0.15, 0.2) is 46.4 Å². The Bertz CT molecular complexity index is 1130. The first kappa shape index (κ1) is 22.5. The Kier molecular flexibility index (Phi) is 6.77. The Labute approximate surface area is 190 Å². The maximum Gasteiger partial charge on any atom is 0.343 e. The lowest BCUT2D eigenvalue weighted by atomic mass is 10.1. The van der Waals surface area contributed by atoms with E-state index in [0.717, 1.165) is 10.5 Å². The van der Waals surface area contributed by atoms with E-state index in [1.165, 1.54) is 19.3 Å². The third kappa shape index (κ3) is 4.95. The van der Waals surface area contributed by atoms with E-state index in [0.29, 0.717) is 20.8 Å². The lowest BCUT2D eigenvalue weighted by molar-refractivity contribution is -0.143. The molecule has 160 valence electrons. The van der Waals surface area contributed by atoms with Crippen molar-refractivity contribution in [1.82, 2.24) is 5.32 Å². The minimum Gasteiger partial charge on any atom is -0.481 e. The fourth-order valence-electron chi connectivity index (χ4n) is 2.70. The van der Waals surface area contributed by atoms with E-state index in [9.17, 15) is 19.2 Å². The molecule has 0 unspecified atom stereocenters. The van der Waals surface area contributed by atoms with Crippen molar-refractivity contribution in [3.8, 4) is 5.75 Å². The average molecular weight is 508 g/mol. The molecule has 2 aromatic rings. The SMILES string of the molecule is COC(=O)COc1ccc(/C=C2/C(=O)NC(=O)N(c3ccc(C)c(Cl)c3)C2=O)cc1Br. The topological polar surface area (TPSA) is 102 Å². The minimum absolute atomic E-state index is 0.230. The van der Waals surface area contributed by atoms with Crippen molar-refractivity contribution in [3.63, 3.8) is 0 Å². The number of halogens is 2. The normalized spacial score (nSPS) is 15.2. The molecule has 0 atom stereocenters. The van der Waals surface area contributed by atoms with Crippen LogP contribution in [0.25, 0.3) is 6.08 Å². The van der Waals surface area contributed by atoms with Gasteiger partial charge in [0.15, 0.2) is 6.61 Å². The molecule has 1 aliphatic rings. The molecule has 0 bridgehead atoms. The predicted molar refractivity (Wildman–Crippen MR) is 117 cm³/mol. The van der Waals surface area contributed by atoms with Gasteiger partial charge in [-0.2, -0.15) is 0 Å². The van der Waals surface area contributed by atoms with E-state index >= 15 is 0 Å². The van der Waals surface area contributed by atoms with Gasteiger partial charge in [0, 0.05) is 5.02 Å². The number of carbonyl (C=O) groups is 4. The Hall–Kier alpha value is -3.17. The van der Waals surface area contributed by atoms with Crippen LogP contribution in [0.5, 0.6) is 5.75 Å². The number of amides is 4. The molecule has 1 heterocycles. The number of anilines is 1. The molecule has 0 aromatic heterocycles. The molecule has 0 aliphatic carbocycles. The molecule has 2 aromatic carbocycles. The number of hydrogen-bond acceptors (Lipinski definition) is 6. The molecular weight excluding hydrogens is 492 g/mol. The van der Waals surface area contributed by atoms with Crippen LogP contribution in [0.3, 0.4) is 0 Å². The molecule has 0 spiro atoms. The van der Waals surface area contributed by atoms with Crippen LogP contribution >= 0.6 is 27.5 Å². The molecule has 1 N–H and O–H groups in total. The fraction of sp³-hybridized carbons (Fsp3) is 0.143. The highest BCUT2D eigenvalue weighted by molar-refractivity contribution is 9.10. The maximum atomic E-state index is 13.0.